The third-order valence-corrected chi connectivity index (χ3v) is 2.83. The molecule has 0 spiro atoms. The van der Waals surface area contributed by atoms with Crippen LogP contribution in [0, 0.1) is 0 Å². The monoisotopic (exact) mass is 284 g/mol. The lowest BCUT2D eigenvalue weighted by molar-refractivity contribution is 0.426. The van der Waals surface area contributed by atoms with Gasteiger partial charge in [0, 0.05) is 0 Å². The van der Waals surface area contributed by atoms with Gasteiger partial charge in [0.2, 0.25) is 0 Å². The van der Waals surface area contributed by atoms with Crippen molar-refractivity contribution in [3.63, 3.8) is 0 Å². The molecule has 0 unspecified atom stereocenters. The van der Waals surface area contributed by atoms with Crippen LogP contribution in [0.3, 0.4) is 0 Å². The van der Waals surface area contributed by atoms with Gasteiger partial charge in [-0.15, -0.1) is 0 Å². The highest BCUT2D eigenvalue weighted by Crippen LogP contribution is 2.25. The number of hydrogen-bond donors (Lipinski definition) is 2. The minimum Gasteiger partial charge on any atom is -0.423 e. The normalized spacial score (nSPS) is 17.0. The molecule has 0 atom stereocenters. The molecule has 0 heterocycles. The minimum atomic E-state index is -2.02. The topological polar surface area (TPSA) is 40.5 Å². The van der Waals surface area contributed by atoms with Crippen molar-refractivity contribution in [2.75, 3.05) is 0 Å². The molecule has 3 aromatic rings. The van der Waals surface area contributed by atoms with E-state index in [1.807, 2.05) is 0 Å². The highest BCUT2D eigenvalue weighted by atomic mass is 16.4. The Balaban J connectivity index is 2.43. The van der Waals surface area contributed by atoms with Crippen LogP contribution < -0.4 is 5.46 Å². The molecule has 3 rings (SSSR count). The molecule has 0 amide bonds. The van der Waals surface area contributed by atoms with Gasteiger partial charge in [-0.1, -0.05) is 72.6 Å². The van der Waals surface area contributed by atoms with Crippen LogP contribution in [0.1, 0.15) is 13.7 Å². The van der Waals surface area contributed by atoms with Crippen molar-refractivity contribution in [3.8, 4) is 22.3 Å². The zero-order chi connectivity index (χ0) is 23.4. The Bertz CT molecular complexity index is 1080. The van der Waals surface area contributed by atoms with Gasteiger partial charge in [-0.3, -0.25) is 0 Å². The lowest BCUT2D eigenvalue weighted by atomic mass is 9.77. The second-order valence-corrected chi connectivity index (χ2v) is 4.22. The number of rotatable bonds is 3. The lowest BCUT2D eigenvalue weighted by Gasteiger charge is -2.10. The second kappa shape index (κ2) is 5.96. The molecular weight excluding hydrogens is 259 g/mol. The Morgan fingerprint density at radius 2 is 1.05 bits per heavy atom. The van der Waals surface area contributed by atoms with Gasteiger partial charge in [0.25, 0.3) is 0 Å². The van der Waals surface area contributed by atoms with E-state index in [1.165, 1.54) is 18.2 Å². The van der Waals surface area contributed by atoms with Gasteiger partial charge in [0.05, 0.1) is 13.7 Å². The molecule has 0 aliphatic rings. The maximum Gasteiger partial charge on any atom is 0.488 e. The molecule has 21 heavy (non-hydrogen) atoms. The molecule has 0 fully saturated rings. The van der Waals surface area contributed by atoms with E-state index in [1.54, 1.807) is 0 Å². The first-order valence-electron chi connectivity index (χ1n) is 11.0. The summed E-state index contributed by atoms with van der Waals surface area (Å²) in [6.45, 7) is 0. The van der Waals surface area contributed by atoms with Crippen molar-refractivity contribution in [1.82, 2.24) is 0 Å². The number of benzene rings is 3. The third kappa shape index (κ3) is 3.05. The van der Waals surface area contributed by atoms with Crippen LogP contribution in [0.2, 0.25) is 0 Å². The van der Waals surface area contributed by atoms with E-state index in [0.29, 0.717) is 0 Å². The van der Waals surface area contributed by atoms with Gasteiger partial charge in [-0.05, 0) is 33.8 Å². The molecule has 0 aliphatic carbocycles. The molecule has 0 aliphatic heterocycles. The summed E-state index contributed by atoms with van der Waals surface area (Å²) in [5.74, 6) is 0. The molecule has 0 saturated carbocycles. The lowest BCUT2D eigenvalue weighted by Crippen LogP contribution is -2.29. The summed E-state index contributed by atoms with van der Waals surface area (Å²) >= 11 is 0. The van der Waals surface area contributed by atoms with E-state index < -0.39 is 67.5 Å². The molecule has 3 heteroatoms. The highest BCUT2D eigenvalue weighted by Gasteiger charge is 2.14. The van der Waals surface area contributed by atoms with E-state index >= 15 is 0 Å². The fourth-order valence-corrected chi connectivity index (χ4v) is 1.88. The number of hydrogen-bond acceptors (Lipinski definition) is 2. The van der Waals surface area contributed by atoms with E-state index in [4.69, 9.17) is 13.7 Å². The molecule has 0 saturated heterocycles. The van der Waals surface area contributed by atoms with Crippen molar-refractivity contribution >= 4 is 12.6 Å². The van der Waals surface area contributed by atoms with E-state index in [2.05, 4.69) is 0 Å². The SMILES string of the molecule is [2H]c1c([2H])c([2H])c(-c2cc(B(O)O)cc(-c3c([2H])c([2H])c([2H])c([2H])c3[2H])c2)c([2H])c1[2H]. The first-order valence-corrected chi connectivity index (χ1v) is 6.04. The van der Waals surface area contributed by atoms with Gasteiger partial charge in [0.1, 0.15) is 0 Å². The summed E-state index contributed by atoms with van der Waals surface area (Å²) in [6, 6.07) is -1.94. The van der Waals surface area contributed by atoms with Gasteiger partial charge in [0.15, 0.2) is 0 Å². The summed E-state index contributed by atoms with van der Waals surface area (Å²) in [4.78, 5) is 0. The summed E-state index contributed by atoms with van der Waals surface area (Å²) < 4.78 is 79.5. The third-order valence-electron chi connectivity index (χ3n) is 2.83. The quantitative estimate of drug-likeness (QED) is 0.726. The molecule has 102 valence electrons. The predicted molar refractivity (Wildman–Crippen MR) is 87.1 cm³/mol. The van der Waals surface area contributed by atoms with E-state index in [0.717, 1.165) is 0 Å². The first-order chi connectivity index (χ1) is 14.4. The van der Waals surface area contributed by atoms with Crippen LogP contribution in [-0.2, 0) is 0 Å². The summed E-state index contributed by atoms with van der Waals surface area (Å²) in [5, 5.41) is 19.4. The van der Waals surface area contributed by atoms with Crippen LogP contribution >= 0.6 is 0 Å². The second-order valence-electron chi connectivity index (χ2n) is 4.22. The molecule has 2 N–H and O–H groups in total. The zero-order valence-corrected chi connectivity index (χ0v) is 10.7. The smallest absolute Gasteiger partial charge is 0.423 e. The summed E-state index contributed by atoms with van der Waals surface area (Å²) in [7, 11) is -2.02. The zero-order valence-electron chi connectivity index (χ0n) is 20.7. The Morgan fingerprint density at radius 1 is 0.619 bits per heavy atom. The summed E-state index contributed by atoms with van der Waals surface area (Å²) in [6.07, 6.45) is 0. The highest BCUT2D eigenvalue weighted by molar-refractivity contribution is 6.58. The Hall–Kier alpha value is -2.36. The Kier molecular flexibility index (Phi) is 1.75. The maximum absolute atomic E-state index is 9.71. The Labute approximate surface area is 138 Å². The molecule has 3 aromatic carbocycles. The Morgan fingerprint density at radius 3 is 1.43 bits per heavy atom. The molecule has 0 bridgehead atoms. The van der Waals surface area contributed by atoms with Gasteiger partial charge < -0.3 is 10.0 Å². The fraction of sp³-hybridized carbons (Fsp3) is 0. The largest absolute Gasteiger partial charge is 0.488 e. The van der Waals surface area contributed by atoms with Gasteiger partial charge in [-0.25, -0.2) is 0 Å². The molecular formula is C18H15BO2. The van der Waals surface area contributed by atoms with Crippen molar-refractivity contribution in [3.05, 3.63) is 78.6 Å². The average molecular weight is 284 g/mol. The van der Waals surface area contributed by atoms with Crippen molar-refractivity contribution in [2.24, 2.45) is 0 Å². The van der Waals surface area contributed by atoms with E-state index in [9.17, 15) is 10.0 Å². The minimum absolute atomic E-state index is 0.00408. The van der Waals surface area contributed by atoms with Crippen LogP contribution in [-0.4, -0.2) is 17.2 Å². The summed E-state index contributed by atoms with van der Waals surface area (Å²) in [5.41, 5.74) is -0.579. The molecule has 2 nitrogen and oxygen atoms in total. The van der Waals surface area contributed by atoms with Crippen LogP contribution in [0.15, 0.2) is 78.6 Å². The van der Waals surface area contributed by atoms with E-state index in [-0.39, 0.29) is 27.7 Å². The molecule has 0 aromatic heterocycles. The standard InChI is InChI=1S/C18H15BO2/c20-19(21)18-12-16(14-7-3-1-4-8-14)11-17(13-18)15-9-5-2-6-10-15/h1-13,20-21H/i1D,2D,3D,4D,5D,6D,7D,8D,9D,10D. The fourth-order valence-electron chi connectivity index (χ4n) is 1.88. The van der Waals surface area contributed by atoms with Crippen molar-refractivity contribution < 1.29 is 23.8 Å². The van der Waals surface area contributed by atoms with Crippen LogP contribution in [0.4, 0.5) is 0 Å². The van der Waals surface area contributed by atoms with Crippen LogP contribution in [0.25, 0.3) is 22.3 Å². The average Bonchev–Trinajstić information content (AvgIpc) is 2.73. The van der Waals surface area contributed by atoms with Gasteiger partial charge in [-0.2, -0.15) is 0 Å². The van der Waals surface area contributed by atoms with Crippen molar-refractivity contribution in [2.45, 2.75) is 0 Å². The first kappa shape index (κ1) is 6.18. The molecule has 0 radical (unpaired) electrons. The predicted octanol–water partition coefficient (Wildman–Crippen LogP) is 2.70. The van der Waals surface area contributed by atoms with Crippen molar-refractivity contribution in [1.29, 1.82) is 0 Å². The van der Waals surface area contributed by atoms with Gasteiger partial charge >= 0.3 is 7.12 Å². The van der Waals surface area contributed by atoms with Crippen LogP contribution in [0.5, 0.6) is 0 Å². The maximum atomic E-state index is 9.71.